The Morgan fingerprint density at radius 2 is 2.05 bits per heavy atom. The molecule has 1 rings (SSSR count). The topological polar surface area (TPSA) is 93.5 Å². The number of carbonyl (C=O) groups excluding carboxylic acids is 2. The average Bonchev–Trinajstić information content (AvgIpc) is 2.38. The van der Waals surface area contributed by atoms with E-state index in [0.29, 0.717) is 23.5 Å². The molecule has 19 heavy (non-hydrogen) atoms. The molecule has 1 aromatic carbocycles. The van der Waals surface area contributed by atoms with Crippen LogP contribution in [0.15, 0.2) is 18.2 Å². The molecule has 0 aliphatic rings. The fraction of sp³-hybridized carbons (Fsp3) is 0.385. The minimum atomic E-state index is -0.312. The van der Waals surface area contributed by atoms with Gasteiger partial charge in [0.15, 0.2) is 5.75 Å². The number of carbonyl (C=O) groups is 2. The van der Waals surface area contributed by atoms with Crippen LogP contribution in [0.2, 0.25) is 0 Å². The fourth-order valence-corrected chi connectivity index (χ4v) is 1.63. The zero-order valence-electron chi connectivity index (χ0n) is 11.2. The van der Waals surface area contributed by atoms with Crippen LogP contribution < -0.4 is 21.1 Å². The van der Waals surface area contributed by atoms with Gasteiger partial charge >= 0.3 is 0 Å². The number of hydrogen-bond acceptors (Lipinski definition) is 4. The zero-order valence-corrected chi connectivity index (χ0v) is 11.2. The second kappa shape index (κ2) is 7.25. The molecular formula is C13H19N3O3. The smallest absolute Gasteiger partial charge is 0.255 e. The van der Waals surface area contributed by atoms with Crippen molar-refractivity contribution in [2.24, 2.45) is 0 Å². The van der Waals surface area contributed by atoms with E-state index in [0.717, 1.165) is 0 Å². The Balaban J connectivity index is 2.59. The summed E-state index contributed by atoms with van der Waals surface area (Å²) in [6, 6.07) is 4.96. The van der Waals surface area contributed by atoms with Gasteiger partial charge < -0.3 is 21.1 Å². The second-order valence-corrected chi connectivity index (χ2v) is 3.89. The standard InChI is InChI=1S/C13H19N3O3/c1-3-15-11(17)7-8-16-13(18)9-5-4-6-10(14)12(9)19-2/h4-6H,3,7-8,14H2,1-2H3,(H,15,17)(H,16,18). The molecule has 0 aliphatic carbocycles. The first-order valence-electron chi connectivity index (χ1n) is 6.07. The largest absolute Gasteiger partial charge is 0.494 e. The maximum absolute atomic E-state index is 11.9. The van der Waals surface area contributed by atoms with Crippen molar-refractivity contribution in [1.82, 2.24) is 10.6 Å². The van der Waals surface area contributed by atoms with Gasteiger partial charge in [0.25, 0.3) is 5.91 Å². The van der Waals surface area contributed by atoms with E-state index < -0.39 is 0 Å². The SMILES string of the molecule is CCNC(=O)CCNC(=O)c1cccc(N)c1OC. The van der Waals surface area contributed by atoms with Crippen LogP contribution in [0.25, 0.3) is 0 Å². The van der Waals surface area contributed by atoms with Crippen molar-refractivity contribution >= 4 is 17.5 Å². The van der Waals surface area contributed by atoms with Crippen LogP contribution in [0.1, 0.15) is 23.7 Å². The Morgan fingerprint density at radius 1 is 1.32 bits per heavy atom. The molecular weight excluding hydrogens is 246 g/mol. The van der Waals surface area contributed by atoms with Crippen LogP contribution in [0.3, 0.4) is 0 Å². The van der Waals surface area contributed by atoms with Gasteiger partial charge in [-0.1, -0.05) is 6.07 Å². The van der Waals surface area contributed by atoms with Gasteiger partial charge in [0.05, 0.1) is 18.4 Å². The van der Waals surface area contributed by atoms with Gasteiger partial charge in [-0.15, -0.1) is 0 Å². The molecule has 0 unspecified atom stereocenters. The Bertz CT molecular complexity index is 460. The Kier molecular flexibility index (Phi) is 5.66. The van der Waals surface area contributed by atoms with Crippen molar-refractivity contribution in [3.05, 3.63) is 23.8 Å². The molecule has 4 N–H and O–H groups in total. The second-order valence-electron chi connectivity index (χ2n) is 3.89. The van der Waals surface area contributed by atoms with Crippen molar-refractivity contribution in [2.45, 2.75) is 13.3 Å². The van der Waals surface area contributed by atoms with Crippen molar-refractivity contribution < 1.29 is 14.3 Å². The number of nitrogen functional groups attached to an aromatic ring is 1. The highest BCUT2D eigenvalue weighted by molar-refractivity contribution is 5.98. The van der Waals surface area contributed by atoms with E-state index in [4.69, 9.17) is 10.5 Å². The number of hydrogen-bond donors (Lipinski definition) is 3. The van der Waals surface area contributed by atoms with E-state index in [2.05, 4.69) is 10.6 Å². The fourth-order valence-electron chi connectivity index (χ4n) is 1.63. The van der Waals surface area contributed by atoms with Gasteiger partial charge in [0.1, 0.15) is 0 Å². The van der Waals surface area contributed by atoms with Crippen molar-refractivity contribution in [1.29, 1.82) is 0 Å². The number of amides is 2. The third-order valence-electron chi connectivity index (χ3n) is 2.51. The van der Waals surface area contributed by atoms with Crippen molar-refractivity contribution in [3.8, 4) is 5.75 Å². The summed E-state index contributed by atoms with van der Waals surface area (Å²) in [5, 5.41) is 5.31. The lowest BCUT2D eigenvalue weighted by Crippen LogP contribution is -2.30. The van der Waals surface area contributed by atoms with Crippen molar-refractivity contribution in [2.75, 3.05) is 25.9 Å². The summed E-state index contributed by atoms with van der Waals surface area (Å²) in [6.07, 6.45) is 0.240. The maximum Gasteiger partial charge on any atom is 0.255 e. The molecule has 0 radical (unpaired) electrons. The van der Waals surface area contributed by atoms with E-state index in [1.54, 1.807) is 18.2 Å². The van der Waals surface area contributed by atoms with Crippen LogP contribution >= 0.6 is 0 Å². The number of nitrogens with one attached hydrogen (secondary N) is 2. The Hall–Kier alpha value is -2.24. The summed E-state index contributed by atoms with van der Waals surface area (Å²) < 4.78 is 5.10. The summed E-state index contributed by atoms with van der Waals surface area (Å²) in [6.45, 7) is 2.69. The van der Waals surface area contributed by atoms with Crippen LogP contribution in [-0.4, -0.2) is 32.0 Å². The van der Waals surface area contributed by atoms with Gasteiger partial charge in [0.2, 0.25) is 5.91 Å². The lowest BCUT2D eigenvalue weighted by molar-refractivity contribution is -0.120. The van der Waals surface area contributed by atoms with Crippen LogP contribution in [-0.2, 0) is 4.79 Å². The summed E-state index contributed by atoms with van der Waals surface area (Å²) in [5.41, 5.74) is 6.48. The van der Waals surface area contributed by atoms with Crippen LogP contribution in [0.4, 0.5) is 5.69 Å². The van der Waals surface area contributed by atoms with E-state index in [1.165, 1.54) is 7.11 Å². The predicted octanol–water partition coefficient (Wildman–Crippen LogP) is 0.533. The number of rotatable bonds is 6. The summed E-state index contributed by atoms with van der Waals surface area (Å²) in [4.78, 5) is 23.2. The molecule has 104 valence electrons. The molecule has 0 aliphatic heterocycles. The molecule has 0 saturated carbocycles. The third kappa shape index (κ3) is 4.17. The maximum atomic E-state index is 11.9. The van der Waals surface area contributed by atoms with Gasteiger partial charge in [0, 0.05) is 19.5 Å². The first-order valence-corrected chi connectivity index (χ1v) is 6.07. The summed E-state index contributed by atoms with van der Waals surface area (Å²) >= 11 is 0. The number of benzene rings is 1. The van der Waals surface area contributed by atoms with E-state index in [-0.39, 0.29) is 24.8 Å². The van der Waals surface area contributed by atoms with Crippen LogP contribution in [0.5, 0.6) is 5.75 Å². The molecule has 0 heterocycles. The molecule has 0 bridgehead atoms. The highest BCUT2D eigenvalue weighted by Crippen LogP contribution is 2.25. The van der Waals surface area contributed by atoms with Gasteiger partial charge in [-0.05, 0) is 19.1 Å². The number of methoxy groups -OCH3 is 1. The number of ether oxygens (including phenoxy) is 1. The molecule has 0 aromatic heterocycles. The molecule has 1 aromatic rings. The molecule has 0 saturated heterocycles. The number of para-hydroxylation sites is 1. The molecule has 0 atom stereocenters. The van der Waals surface area contributed by atoms with E-state index >= 15 is 0 Å². The van der Waals surface area contributed by atoms with Gasteiger partial charge in [-0.2, -0.15) is 0 Å². The monoisotopic (exact) mass is 265 g/mol. The van der Waals surface area contributed by atoms with Gasteiger partial charge in [-0.25, -0.2) is 0 Å². The lowest BCUT2D eigenvalue weighted by Gasteiger charge is -2.11. The first-order chi connectivity index (χ1) is 9.10. The highest BCUT2D eigenvalue weighted by atomic mass is 16.5. The minimum absolute atomic E-state index is 0.0951. The summed E-state index contributed by atoms with van der Waals surface area (Å²) in [7, 11) is 1.46. The zero-order chi connectivity index (χ0) is 14.3. The van der Waals surface area contributed by atoms with Crippen LogP contribution in [0, 0.1) is 0 Å². The quantitative estimate of drug-likeness (QED) is 0.654. The predicted molar refractivity (Wildman–Crippen MR) is 73.0 cm³/mol. The molecule has 6 heteroatoms. The van der Waals surface area contributed by atoms with Crippen molar-refractivity contribution in [3.63, 3.8) is 0 Å². The van der Waals surface area contributed by atoms with E-state index in [9.17, 15) is 9.59 Å². The van der Waals surface area contributed by atoms with E-state index in [1.807, 2.05) is 6.92 Å². The highest BCUT2D eigenvalue weighted by Gasteiger charge is 2.14. The molecule has 2 amide bonds. The number of anilines is 1. The first kappa shape index (κ1) is 14.8. The number of nitrogens with two attached hydrogens (primary N) is 1. The van der Waals surface area contributed by atoms with Gasteiger partial charge in [-0.3, -0.25) is 9.59 Å². The Morgan fingerprint density at radius 3 is 2.68 bits per heavy atom. The average molecular weight is 265 g/mol. The third-order valence-corrected chi connectivity index (χ3v) is 2.51. The minimum Gasteiger partial charge on any atom is -0.494 e. The molecule has 0 spiro atoms. The lowest BCUT2D eigenvalue weighted by atomic mass is 10.1. The summed E-state index contributed by atoms with van der Waals surface area (Å²) in [5.74, 6) is -0.0613. The normalized spacial score (nSPS) is 9.79. The Labute approximate surface area is 112 Å². The molecule has 0 fully saturated rings. The molecule has 6 nitrogen and oxygen atoms in total.